The summed E-state index contributed by atoms with van der Waals surface area (Å²) < 4.78 is 26.9. The van der Waals surface area contributed by atoms with Crippen LogP contribution in [0, 0.1) is 11.6 Å². The van der Waals surface area contributed by atoms with Crippen molar-refractivity contribution in [1.29, 1.82) is 0 Å². The third-order valence-corrected chi connectivity index (χ3v) is 3.34. The molecule has 0 fully saturated rings. The molecule has 0 amide bonds. The molecule has 0 aliphatic heterocycles. The minimum atomic E-state index is -0.750. The fourth-order valence-electron chi connectivity index (χ4n) is 2.24. The zero-order valence-electron chi connectivity index (χ0n) is 12.0. The third kappa shape index (κ3) is 5.68. The average molecular weight is 269 g/mol. The lowest BCUT2D eigenvalue weighted by atomic mass is 9.99. The average Bonchev–Trinajstić information content (AvgIpc) is 2.41. The smallest absolute Gasteiger partial charge is 0.162 e. The van der Waals surface area contributed by atoms with Gasteiger partial charge in [-0.15, -0.1) is 0 Å². The predicted octanol–water partition coefficient (Wildman–Crippen LogP) is 4.46. The van der Waals surface area contributed by atoms with Crippen molar-refractivity contribution in [1.82, 2.24) is 5.32 Å². The Balaban J connectivity index is 2.61. The summed E-state index contributed by atoms with van der Waals surface area (Å²) >= 11 is 0. The molecule has 0 saturated heterocycles. The lowest BCUT2D eigenvalue weighted by molar-refractivity contribution is 0.440. The Labute approximate surface area is 115 Å². The lowest BCUT2D eigenvalue weighted by Gasteiger charge is -2.19. The van der Waals surface area contributed by atoms with Crippen LogP contribution in [0.3, 0.4) is 0 Å². The van der Waals surface area contributed by atoms with E-state index < -0.39 is 11.6 Å². The van der Waals surface area contributed by atoms with Gasteiger partial charge in [-0.3, -0.25) is 0 Å². The minimum absolute atomic E-state index is 0.239. The van der Waals surface area contributed by atoms with E-state index in [4.69, 9.17) is 0 Å². The van der Waals surface area contributed by atoms with E-state index in [9.17, 15) is 8.78 Å². The summed E-state index contributed by atoms with van der Waals surface area (Å²) in [4.78, 5) is 0. The largest absolute Gasteiger partial charge is 0.314 e. The van der Waals surface area contributed by atoms with Crippen LogP contribution in [0.15, 0.2) is 18.2 Å². The molecule has 1 rings (SSSR count). The quantitative estimate of drug-likeness (QED) is 0.653. The van der Waals surface area contributed by atoms with Gasteiger partial charge in [-0.2, -0.15) is 0 Å². The van der Waals surface area contributed by atoms with Gasteiger partial charge in [0.15, 0.2) is 11.6 Å². The fraction of sp³-hybridized carbons (Fsp3) is 0.625. The summed E-state index contributed by atoms with van der Waals surface area (Å²) in [5.74, 6) is -1.44. The van der Waals surface area contributed by atoms with Crippen molar-refractivity contribution >= 4 is 0 Å². The minimum Gasteiger partial charge on any atom is -0.314 e. The van der Waals surface area contributed by atoms with Crippen LogP contribution in [0.4, 0.5) is 8.78 Å². The van der Waals surface area contributed by atoms with E-state index in [-0.39, 0.29) is 6.04 Å². The van der Waals surface area contributed by atoms with Gasteiger partial charge in [0.05, 0.1) is 0 Å². The summed E-state index contributed by atoms with van der Waals surface area (Å²) in [5, 5.41) is 3.43. The van der Waals surface area contributed by atoms with Gasteiger partial charge >= 0.3 is 0 Å². The number of unbranched alkanes of at least 4 members (excludes halogenated alkanes) is 2. The Kier molecular flexibility index (Phi) is 7.65. The summed E-state index contributed by atoms with van der Waals surface area (Å²) in [5.41, 5.74) is 0.477. The molecule has 1 unspecified atom stereocenters. The van der Waals surface area contributed by atoms with Crippen molar-refractivity contribution in [2.75, 3.05) is 6.54 Å². The van der Waals surface area contributed by atoms with Crippen LogP contribution in [0.5, 0.6) is 0 Å². The van der Waals surface area contributed by atoms with Gasteiger partial charge in [0, 0.05) is 6.04 Å². The highest BCUT2D eigenvalue weighted by Gasteiger charge is 2.13. The number of nitrogens with one attached hydrogen (secondary N) is 1. The standard InChI is InChI=1S/C16H25F2N/c1-3-5-6-9-14(19-11-4-2)12-13-8-7-10-15(17)16(13)18/h7-8,10,14,19H,3-6,9,11-12H2,1-2H3. The Morgan fingerprint density at radius 2 is 1.89 bits per heavy atom. The normalized spacial score (nSPS) is 12.6. The number of hydrogen-bond acceptors (Lipinski definition) is 1. The molecule has 1 atom stereocenters. The Hall–Kier alpha value is -0.960. The van der Waals surface area contributed by atoms with Crippen molar-refractivity contribution in [2.24, 2.45) is 0 Å². The molecule has 1 aromatic rings. The number of hydrogen-bond donors (Lipinski definition) is 1. The molecule has 0 aliphatic rings. The number of rotatable bonds is 9. The second-order valence-corrected chi connectivity index (χ2v) is 5.06. The maximum atomic E-state index is 13.7. The highest BCUT2D eigenvalue weighted by Crippen LogP contribution is 2.16. The molecule has 1 nitrogen and oxygen atoms in total. The highest BCUT2D eigenvalue weighted by molar-refractivity contribution is 5.20. The Morgan fingerprint density at radius 3 is 2.58 bits per heavy atom. The van der Waals surface area contributed by atoms with Crippen LogP contribution in [0.25, 0.3) is 0 Å². The van der Waals surface area contributed by atoms with Crippen molar-refractivity contribution in [2.45, 2.75) is 58.4 Å². The number of benzene rings is 1. The molecule has 1 aromatic carbocycles. The van der Waals surface area contributed by atoms with Crippen molar-refractivity contribution in [3.05, 3.63) is 35.4 Å². The molecule has 3 heteroatoms. The molecule has 0 saturated carbocycles. The molecule has 0 heterocycles. The van der Waals surface area contributed by atoms with Gasteiger partial charge in [0.25, 0.3) is 0 Å². The molecule has 0 aliphatic carbocycles. The number of halogens is 2. The first-order valence-electron chi connectivity index (χ1n) is 7.35. The first-order chi connectivity index (χ1) is 9.19. The van der Waals surface area contributed by atoms with Crippen molar-refractivity contribution in [3.8, 4) is 0 Å². The third-order valence-electron chi connectivity index (χ3n) is 3.34. The Morgan fingerprint density at radius 1 is 1.11 bits per heavy atom. The molecule has 19 heavy (non-hydrogen) atoms. The van der Waals surface area contributed by atoms with Crippen LogP contribution >= 0.6 is 0 Å². The SMILES string of the molecule is CCCCCC(Cc1cccc(F)c1F)NCCC. The van der Waals surface area contributed by atoms with Gasteiger partial charge in [-0.25, -0.2) is 8.78 Å². The maximum Gasteiger partial charge on any atom is 0.162 e. The van der Waals surface area contributed by atoms with Crippen LogP contribution in [-0.2, 0) is 6.42 Å². The molecular weight excluding hydrogens is 244 g/mol. The van der Waals surface area contributed by atoms with Gasteiger partial charge < -0.3 is 5.32 Å². The van der Waals surface area contributed by atoms with Crippen LogP contribution in [-0.4, -0.2) is 12.6 Å². The maximum absolute atomic E-state index is 13.7. The zero-order valence-corrected chi connectivity index (χ0v) is 12.0. The Bertz CT molecular complexity index is 366. The molecule has 1 N–H and O–H groups in total. The predicted molar refractivity (Wildman–Crippen MR) is 76.3 cm³/mol. The fourth-order valence-corrected chi connectivity index (χ4v) is 2.24. The second kappa shape index (κ2) is 9.03. The highest BCUT2D eigenvalue weighted by atomic mass is 19.2. The van der Waals surface area contributed by atoms with E-state index in [1.165, 1.54) is 18.9 Å². The first-order valence-corrected chi connectivity index (χ1v) is 7.35. The van der Waals surface area contributed by atoms with E-state index in [0.717, 1.165) is 25.8 Å². The summed E-state index contributed by atoms with van der Waals surface area (Å²) in [6, 6.07) is 4.67. The summed E-state index contributed by atoms with van der Waals surface area (Å²) in [6.45, 7) is 5.20. The van der Waals surface area contributed by atoms with E-state index in [0.29, 0.717) is 12.0 Å². The van der Waals surface area contributed by atoms with Gasteiger partial charge in [0.2, 0.25) is 0 Å². The van der Waals surface area contributed by atoms with Crippen molar-refractivity contribution < 1.29 is 8.78 Å². The van der Waals surface area contributed by atoms with Gasteiger partial charge in [-0.05, 0) is 37.4 Å². The summed E-state index contributed by atoms with van der Waals surface area (Å²) in [6.07, 6.45) is 6.13. The van der Waals surface area contributed by atoms with E-state index in [1.54, 1.807) is 12.1 Å². The monoisotopic (exact) mass is 269 g/mol. The molecule has 0 radical (unpaired) electrons. The van der Waals surface area contributed by atoms with Gasteiger partial charge in [-0.1, -0.05) is 45.2 Å². The van der Waals surface area contributed by atoms with E-state index >= 15 is 0 Å². The van der Waals surface area contributed by atoms with Crippen LogP contribution in [0.2, 0.25) is 0 Å². The molecule has 0 bridgehead atoms. The molecule has 108 valence electrons. The molecule has 0 aromatic heterocycles. The first kappa shape index (κ1) is 16.1. The van der Waals surface area contributed by atoms with Crippen molar-refractivity contribution in [3.63, 3.8) is 0 Å². The van der Waals surface area contributed by atoms with Crippen LogP contribution in [0.1, 0.15) is 51.5 Å². The molecular formula is C16H25F2N. The van der Waals surface area contributed by atoms with E-state index in [2.05, 4.69) is 19.2 Å². The van der Waals surface area contributed by atoms with Crippen LogP contribution < -0.4 is 5.32 Å². The molecule has 0 spiro atoms. The summed E-state index contributed by atoms with van der Waals surface area (Å²) in [7, 11) is 0. The zero-order chi connectivity index (χ0) is 14.1. The van der Waals surface area contributed by atoms with Gasteiger partial charge in [0.1, 0.15) is 0 Å². The second-order valence-electron chi connectivity index (χ2n) is 5.06. The lowest BCUT2D eigenvalue weighted by Crippen LogP contribution is -2.32. The topological polar surface area (TPSA) is 12.0 Å². The van der Waals surface area contributed by atoms with E-state index in [1.807, 2.05) is 0 Å².